The van der Waals surface area contributed by atoms with Crippen LogP contribution in [0.2, 0.25) is 5.28 Å². The number of anilines is 2. The van der Waals surface area contributed by atoms with Crippen LogP contribution in [-0.4, -0.2) is 55.5 Å². The molecule has 1 N–H and O–H groups in total. The fourth-order valence-corrected chi connectivity index (χ4v) is 3.90. The van der Waals surface area contributed by atoms with E-state index in [-0.39, 0.29) is 22.7 Å². The first-order valence-electron chi connectivity index (χ1n) is 5.89. The molecular formula is C10H16ClN5O2S. The minimum absolute atomic E-state index is 0.100. The van der Waals surface area contributed by atoms with Gasteiger partial charge in [-0.3, -0.25) is 0 Å². The second-order valence-electron chi connectivity index (χ2n) is 4.77. The first-order valence-corrected chi connectivity index (χ1v) is 8.09. The number of sulfone groups is 1. The Bertz CT molecular complexity index is 563. The van der Waals surface area contributed by atoms with E-state index in [1.807, 2.05) is 0 Å². The number of halogens is 1. The molecule has 9 heteroatoms. The van der Waals surface area contributed by atoms with Gasteiger partial charge in [-0.15, -0.1) is 0 Å². The quantitative estimate of drug-likeness (QED) is 0.863. The smallest absolute Gasteiger partial charge is 0.230 e. The predicted molar refractivity (Wildman–Crippen MR) is 74.4 cm³/mol. The van der Waals surface area contributed by atoms with Crippen LogP contribution in [0, 0.1) is 5.92 Å². The molecule has 0 aromatic carbocycles. The Morgan fingerprint density at radius 3 is 2.68 bits per heavy atom. The van der Waals surface area contributed by atoms with Crippen LogP contribution < -0.4 is 10.2 Å². The van der Waals surface area contributed by atoms with E-state index in [4.69, 9.17) is 11.6 Å². The molecule has 0 amide bonds. The Kier molecular flexibility index (Phi) is 4.10. The summed E-state index contributed by atoms with van der Waals surface area (Å²) < 4.78 is 22.7. The SMILES string of the molecule is CN(C)c1nc(Cl)nc(NCC2CCS(=O)(=O)C2)n1. The maximum atomic E-state index is 11.4. The fraction of sp³-hybridized carbons (Fsp3) is 0.700. The van der Waals surface area contributed by atoms with Gasteiger partial charge >= 0.3 is 0 Å². The van der Waals surface area contributed by atoms with Gasteiger partial charge in [0, 0.05) is 20.6 Å². The number of nitrogens with one attached hydrogen (secondary N) is 1. The molecule has 1 aromatic rings. The van der Waals surface area contributed by atoms with Crippen molar-refractivity contribution in [3.8, 4) is 0 Å². The molecule has 0 bridgehead atoms. The van der Waals surface area contributed by atoms with Crippen molar-refractivity contribution in [1.29, 1.82) is 0 Å². The number of rotatable bonds is 4. The molecule has 2 rings (SSSR count). The van der Waals surface area contributed by atoms with E-state index in [0.29, 0.717) is 24.9 Å². The molecule has 1 unspecified atom stereocenters. The van der Waals surface area contributed by atoms with Crippen LogP contribution in [0.3, 0.4) is 0 Å². The van der Waals surface area contributed by atoms with Gasteiger partial charge in [-0.25, -0.2) is 8.42 Å². The molecule has 0 spiro atoms. The Hall–Kier alpha value is -1.15. The molecule has 2 heterocycles. The molecule has 19 heavy (non-hydrogen) atoms. The summed E-state index contributed by atoms with van der Waals surface area (Å²) in [6.07, 6.45) is 0.675. The highest BCUT2D eigenvalue weighted by atomic mass is 35.5. The summed E-state index contributed by atoms with van der Waals surface area (Å²) in [6.45, 7) is 0.520. The molecule has 1 atom stereocenters. The van der Waals surface area contributed by atoms with Gasteiger partial charge < -0.3 is 10.2 Å². The summed E-state index contributed by atoms with van der Waals surface area (Å²) in [5.41, 5.74) is 0. The third-order valence-electron chi connectivity index (χ3n) is 2.87. The lowest BCUT2D eigenvalue weighted by Gasteiger charge is -2.13. The molecule has 1 aromatic heterocycles. The van der Waals surface area contributed by atoms with Gasteiger partial charge in [0.1, 0.15) is 0 Å². The van der Waals surface area contributed by atoms with Crippen molar-refractivity contribution in [2.45, 2.75) is 6.42 Å². The van der Waals surface area contributed by atoms with Crippen LogP contribution in [0.4, 0.5) is 11.9 Å². The zero-order chi connectivity index (χ0) is 14.0. The first kappa shape index (κ1) is 14.3. The van der Waals surface area contributed by atoms with Crippen LogP contribution in [0.15, 0.2) is 0 Å². The molecule has 7 nitrogen and oxygen atoms in total. The fourth-order valence-electron chi connectivity index (χ4n) is 1.89. The highest BCUT2D eigenvalue weighted by Crippen LogP contribution is 2.19. The van der Waals surface area contributed by atoms with Crippen LogP contribution in [0.1, 0.15) is 6.42 Å². The molecule has 106 valence electrons. The maximum absolute atomic E-state index is 11.4. The van der Waals surface area contributed by atoms with Gasteiger partial charge in [-0.2, -0.15) is 15.0 Å². The Morgan fingerprint density at radius 2 is 2.11 bits per heavy atom. The third-order valence-corrected chi connectivity index (χ3v) is 4.88. The van der Waals surface area contributed by atoms with E-state index in [9.17, 15) is 8.42 Å². The standard InChI is InChI=1S/C10H16ClN5O2S/c1-16(2)10-14-8(11)13-9(15-10)12-5-7-3-4-19(17,18)6-7/h7H,3-6H2,1-2H3,(H,12,13,14,15). The summed E-state index contributed by atoms with van der Waals surface area (Å²) in [6, 6.07) is 0. The molecule has 1 aliphatic heterocycles. The van der Waals surface area contributed by atoms with Crippen molar-refractivity contribution in [3.63, 3.8) is 0 Å². The Morgan fingerprint density at radius 1 is 1.37 bits per heavy atom. The van der Waals surface area contributed by atoms with Gasteiger partial charge in [-0.05, 0) is 23.9 Å². The summed E-state index contributed by atoms with van der Waals surface area (Å²) in [5, 5.41) is 3.13. The second kappa shape index (κ2) is 5.46. The van der Waals surface area contributed by atoms with Gasteiger partial charge in [0.25, 0.3) is 0 Å². The Balaban J connectivity index is 2.00. The zero-order valence-electron chi connectivity index (χ0n) is 10.8. The van der Waals surface area contributed by atoms with Crippen LogP contribution >= 0.6 is 11.6 Å². The number of hydrogen-bond donors (Lipinski definition) is 1. The van der Waals surface area contributed by atoms with Crippen LogP contribution in [0.5, 0.6) is 0 Å². The highest BCUT2D eigenvalue weighted by Gasteiger charge is 2.27. The van der Waals surface area contributed by atoms with E-state index < -0.39 is 9.84 Å². The van der Waals surface area contributed by atoms with Crippen molar-refractivity contribution in [2.75, 3.05) is 42.4 Å². The predicted octanol–water partition coefficient (Wildman–Crippen LogP) is 0.438. The van der Waals surface area contributed by atoms with Crippen molar-refractivity contribution < 1.29 is 8.42 Å². The number of hydrogen-bond acceptors (Lipinski definition) is 7. The highest BCUT2D eigenvalue weighted by molar-refractivity contribution is 7.91. The lowest BCUT2D eigenvalue weighted by atomic mass is 10.1. The third kappa shape index (κ3) is 3.90. The summed E-state index contributed by atoms with van der Waals surface area (Å²) in [7, 11) is 0.752. The van der Waals surface area contributed by atoms with E-state index in [1.54, 1.807) is 19.0 Å². The molecule has 1 aliphatic rings. The zero-order valence-corrected chi connectivity index (χ0v) is 12.4. The van der Waals surface area contributed by atoms with Gasteiger partial charge in [-0.1, -0.05) is 0 Å². The maximum Gasteiger partial charge on any atom is 0.230 e. The van der Waals surface area contributed by atoms with Crippen LogP contribution in [0.25, 0.3) is 0 Å². The average Bonchev–Trinajstić information content (AvgIpc) is 2.65. The second-order valence-corrected chi connectivity index (χ2v) is 7.34. The van der Waals surface area contributed by atoms with E-state index in [1.165, 1.54) is 0 Å². The Labute approximate surface area is 117 Å². The average molecular weight is 306 g/mol. The van der Waals surface area contributed by atoms with Gasteiger partial charge in [0.2, 0.25) is 17.2 Å². The lowest BCUT2D eigenvalue weighted by molar-refractivity contribution is 0.595. The summed E-state index contributed by atoms with van der Waals surface area (Å²) in [4.78, 5) is 13.8. The topological polar surface area (TPSA) is 88.1 Å². The molecule has 1 fully saturated rings. The van der Waals surface area contributed by atoms with E-state index in [0.717, 1.165) is 0 Å². The van der Waals surface area contributed by atoms with E-state index in [2.05, 4.69) is 20.3 Å². The first-order chi connectivity index (χ1) is 8.85. The largest absolute Gasteiger partial charge is 0.354 e. The van der Waals surface area contributed by atoms with Crippen LogP contribution in [-0.2, 0) is 9.84 Å². The summed E-state index contributed by atoms with van der Waals surface area (Å²) in [5.74, 6) is 1.41. The van der Waals surface area contributed by atoms with Crippen molar-refractivity contribution >= 4 is 33.3 Å². The van der Waals surface area contributed by atoms with Crippen molar-refractivity contribution in [2.24, 2.45) is 5.92 Å². The molecule has 0 saturated carbocycles. The normalized spacial score (nSPS) is 21.3. The van der Waals surface area contributed by atoms with E-state index >= 15 is 0 Å². The van der Waals surface area contributed by atoms with Gasteiger partial charge in [0.05, 0.1) is 11.5 Å². The molecule has 1 saturated heterocycles. The van der Waals surface area contributed by atoms with Crippen molar-refractivity contribution in [1.82, 2.24) is 15.0 Å². The lowest BCUT2D eigenvalue weighted by Crippen LogP contribution is -2.19. The van der Waals surface area contributed by atoms with Crippen molar-refractivity contribution in [3.05, 3.63) is 5.28 Å². The molecular weight excluding hydrogens is 290 g/mol. The monoisotopic (exact) mass is 305 g/mol. The van der Waals surface area contributed by atoms with Gasteiger partial charge in [0.15, 0.2) is 9.84 Å². The minimum atomic E-state index is -2.86. The number of nitrogens with zero attached hydrogens (tertiary/aromatic N) is 4. The number of aromatic nitrogens is 3. The molecule has 0 radical (unpaired) electrons. The summed E-state index contributed by atoms with van der Waals surface area (Å²) >= 11 is 5.81. The molecule has 0 aliphatic carbocycles. The minimum Gasteiger partial charge on any atom is -0.354 e.